The van der Waals surface area contributed by atoms with E-state index < -0.39 is 34.3 Å². The van der Waals surface area contributed by atoms with E-state index in [1.807, 2.05) is 30.3 Å². The molecule has 2 amide bonds. The average molecular weight is 614 g/mol. The van der Waals surface area contributed by atoms with Crippen LogP contribution in [0.25, 0.3) is 0 Å². The van der Waals surface area contributed by atoms with Crippen LogP contribution in [0.2, 0.25) is 5.02 Å². The maximum Gasteiger partial charge on any atom is 0.244 e. The molecule has 1 atom stereocenters. The number of nitrogens with one attached hydrogen (secondary N) is 1. The van der Waals surface area contributed by atoms with Crippen LogP contribution >= 0.6 is 11.6 Å². The third-order valence-electron chi connectivity index (χ3n) is 7.63. The molecule has 0 spiro atoms. The average Bonchev–Trinajstić information content (AvgIpc) is 2.95. The van der Waals surface area contributed by atoms with Gasteiger partial charge in [-0.25, -0.2) is 12.8 Å². The Balaban J connectivity index is 1.74. The molecule has 1 unspecified atom stereocenters. The van der Waals surface area contributed by atoms with Crippen LogP contribution in [-0.4, -0.2) is 50.0 Å². The molecule has 3 aromatic carbocycles. The Morgan fingerprint density at radius 2 is 1.67 bits per heavy atom. The number of nitrogens with zero attached hydrogens (tertiary/aromatic N) is 2. The first-order valence-electron chi connectivity index (χ1n) is 14.1. The third-order valence-corrected chi connectivity index (χ3v) is 8.99. The Morgan fingerprint density at radius 3 is 2.31 bits per heavy atom. The van der Waals surface area contributed by atoms with Crippen LogP contribution in [0, 0.1) is 12.7 Å². The normalized spacial score (nSPS) is 14.7. The van der Waals surface area contributed by atoms with Gasteiger partial charge in [-0.3, -0.25) is 13.9 Å². The SMILES string of the molecule is Cc1cc(Cl)ccc1N(CC(=O)N(Cc1ccccc1F)C(Cc1ccccc1)C(=O)NC1CCCCC1)S(C)(=O)=O. The monoisotopic (exact) mass is 613 g/mol. The number of anilines is 1. The highest BCUT2D eigenvalue weighted by Crippen LogP contribution is 2.27. The number of hydrogen-bond acceptors (Lipinski definition) is 4. The van der Waals surface area contributed by atoms with Crippen molar-refractivity contribution in [1.29, 1.82) is 0 Å². The highest BCUT2D eigenvalue weighted by molar-refractivity contribution is 7.92. The Bertz CT molecular complexity index is 1500. The topological polar surface area (TPSA) is 86.8 Å². The van der Waals surface area contributed by atoms with Crippen molar-refractivity contribution in [3.05, 3.63) is 100 Å². The number of carbonyl (C=O) groups is 2. The molecule has 224 valence electrons. The second-order valence-electron chi connectivity index (χ2n) is 10.9. The molecule has 0 bridgehead atoms. The summed E-state index contributed by atoms with van der Waals surface area (Å²) in [5, 5.41) is 3.56. The van der Waals surface area contributed by atoms with Crippen molar-refractivity contribution in [1.82, 2.24) is 10.2 Å². The lowest BCUT2D eigenvalue weighted by atomic mass is 9.94. The molecule has 0 aromatic heterocycles. The first-order valence-corrected chi connectivity index (χ1v) is 16.4. The quantitative estimate of drug-likeness (QED) is 0.303. The molecule has 10 heteroatoms. The summed E-state index contributed by atoms with van der Waals surface area (Å²) in [6, 6.07) is 19.1. The number of hydrogen-bond donors (Lipinski definition) is 1. The summed E-state index contributed by atoms with van der Waals surface area (Å²) in [7, 11) is -3.92. The molecule has 0 radical (unpaired) electrons. The van der Waals surface area contributed by atoms with Gasteiger partial charge in [0.25, 0.3) is 0 Å². The van der Waals surface area contributed by atoms with E-state index >= 15 is 0 Å². The number of aryl methyl sites for hydroxylation is 1. The summed E-state index contributed by atoms with van der Waals surface area (Å²) < 4.78 is 41.9. The molecule has 3 aromatic rings. The van der Waals surface area contributed by atoms with E-state index in [9.17, 15) is 22.4 Å². The van der Waals surface area contributed by atoms with Gasteiger partial charge in [0.15, 0.2) is 0 Å². The van der Waals surface area contributed by atoms with Crippen molar-refractivity contribution in [2.45, 2.75) is 64.1 Å². The van der Waals surface area contributed by atoms with Crippen molar-refractivity contribution < 1.29 is 22.4 Å². The van der Waals surface area contributed by atoms with E-state index in [2.05, 4.69) is 5.32 Å². The lowest BCUT2D eigenvalue weighted by Gasteiger charge is -2.35. The van der Waals surface area contributed by atoms with Gasteiger partial charge in [0, 0.05) is 29.6 Å². The minimum absolute atomic E-state index is 0.0147. The minimum atomic E-state index is -3.92. The zero-order valence-electron chi connectivity index (χ0n) is 23.9. The van der Waals surface area contributed by atoms with Gasteiger partial charge in [-0.2, -0.15) is 0 Å². The van der Waals surface area contributed by atoms with Gasteiger partial charge in [0.1, 0.15) is 18.4 Å². The Morgan fingerprint density at radius 1 is 1.00 bits per heavy atom. The first kappa shape index (κ1) is 31.5. The van der Waals surface area contributed by atoms with Crippen molar-refractivity contribution in [3.63, 3.8) is 0 Å². The molecule has 0 heterocycles. The number of amides is 2. The zero-order valence-corrected chi connectivity index (χ0v) is 25.5. The molecule has 1 saturated carbocycles. The first-order chi connectivity index (χ1) is 20.0. The molecule has 1 N–H and O–H groups in total. The highest BCUT2D eigenvalue weighted by atomic mass is 35.5. The van der Waals surface area contributed by atoms with Gasteiger partial charge in [0.05, 0.1) is 11.9 Å². The number of carbonyl (C=O) groups excluding carboxylic acids is 2. The molecular weight excluding hydrogens is 577 g/mol. The second kappa shape index (κ2) is 14.2. The molecule has 0 aliphatic heterocycles. The molecule has 42 heavy (non-hydrogen) atoms. The van der Waals surface area contributed by atoms with Crippen LogP contribution in [0.1, 0.15) is 48.8 Å². The van der Waals surface area contributed by atoms with Gasteiger partial charge in [0.2, 0.25) is 21.8 Å². The molecular formula is C32H37ClFN3O4S. The van der Waals surface area contributed by atoms with Crippen molar-refractivity contribution in [3.8, 4) is 0 Å². The molecule has 7 nitrogen and oxygen atoms in total. The molecule has 1 aliphatic carbocycles. The number of benzene rings is 3. The number of halogens is 2. The van der Waals surface area contributed by atoms with Crippen LogP contribution in [0.5, 0.6) is 0 Å². The summed E-state index contributed by atoms with van der Waals surface area (Å²) in [6.45, 7) is 0.923. The van der Waals surface area contributed by atoms with Crippen molar-refractivity contribution >= 4 is 39.1 Å². The van der Waals surface area contributed by atoms with E-state index in [1.165, 1.54) is 11.0 Å². The fourth-order valence-electron chi connectivity index (χ4n) is 5.40. The van der Waals surface area contributed by atoms with Gasteiger partial charge in [-0.15, -0.1) is 0 Å². The second-order valence-corrected chi connectivity index (χ2v) is 13.2. The van der Waals surface area contributed by atoms with Gasteiger partial charge in [-0.1, -0.05) is 79.4 Å². The van der Waals surface area contributed by atoms with E-state index in [0.29, 0.717) is 16.3 Å². The molecule has 4 rings (SSSR count). The van der Waals surface area contributed by atoms with Crippen molar-refractivity contribution in [2.75, 3.05) is 17.1 Å². The maximum absolute atomic E-state index is 14.9. The van der Waals surface area contributed by atoms with Gasteiger partial charge in [-0.05, 0) is 55.2 Å². The van der Waals surface area contributed by atoms with Crippen LogP contribution in [0.15, 0.2) is 72.8 Å². The van der Waals surface area contributed by atoms with Crippen molar-refractivity contribution in [2.24, 2.45) is 0 Å². The summed E-state index contributed by atoms with van der Waals surface area (Å²) in [4.78, 5) is 29.4. The van der Waals surface area contributed by atoms with Gasteiger partial charge < -0.3 is 10.2 Å². The lowest BCUT2D eigenvalue weighted by molar-refractivity contribution is -0.140. The molecule has 1 aliphatic rings. The molecule has 1 fully saturated rings. The maximum atomic E-state index is 14.9. The smallest absolute Gasteiger partial charge is 0.244 e. The number of sulfonamides is 1. The molecule has 0 saturated heterocycles. The highest BCUT2D eigenvalue weighted by Gasteiger charge is 2.34. The summed E-state index contributed by atoms with van der Waals surface area (Å²) in [5.41, 5.74) is 1.91. The van der Waals surface area contributed by atoms with E-state index in [1.54, 1.807) is 43.3 Å². The van der Waals surface area contributed by atoms with Gasteiger partial charge >= 0.3 is 0 Å². The summed E-state index contributed by atoms with van der Waals surface area (Å²) >= 11 is 6.11. The standard InChI is InChI=1S/C32H37ClFN3O4S/c1-23-19-26(33)17-18-29(23)37(42(2,40)41)22-31(38)36(21-25-13-9-10-16-28(25)34)30(20-24-11-5-3-6-12-24)32(39)35-27-14-7-4-8-15-27/h3,5-6,9-13,16-19,27,30H,4,7-8,14-15,20-22H2,1-2H3,(H,35,39). The summed E-state index contributed by atoms with van der Waals surface area (Å²) in [5.74, 6) is -1.49. The van der Waals surface area contributed by atoms with Crippen LogP contribution in [0.3, 0.4) is 0 Å². The van der Waals surface area contributed by atoms with Crippen LogP contribution in [0.4, 0.5) is 10.1 Å². The van der Waals surface area contributed by atoms with E-state index in [-0.39, 0.29) is 30.5 Å². The Hall–Kier alpha value is -3.43. The summed E-state index contributed by atoms with van der Waals surface area (Å²) in [6.07, 6.45) is 6.03. The predicted molar refractivity (Wildman–Crippen MR) is 164 cm³/mol. The fraction of sp³-hybridized carbons (Fsp3) is 0.375. The van der Waals surface area contributed by atoms with E-state index in [4.69, 9.17) is 11.6 Å². The Labute approximate surface area is 252 Å². The third kappa shape index (κ3) is 8.32. The minimum Gasteiger partial charge on any atom is -0.352 e. The number of rotatable bonds is 11. The Kier molecular flexibility index (Phi) is 10.6. The lowest BCUT2D eigenvalue weighted by Crippen LogP contribution is -2.55. The van der Waals surface area contributed by atoms with Crippen LogP contribution < -0.4 is 9.62 Å². The predicted octanol–water partition coefficient (Wildman–Crippen LogP) is 5.64. The van der Waals surface area contributed by atoms with Crippen LogP contribution in [-0.2, 0) is 32.6 Å². The largest absolute Gasteiger partial charge is 0.352 e. The van der Waals surface area contributed by atoms with E-state index in [0.717, 1.165) is 48.2 Å². The fourth-order valence-corrected chi connectivity index (χ4v) is 6.54. The zero-order chi connectivity index (χ0) is 30.3.